The van der Waals surface area contributed by atoms with Crippen LogP contribution in [0.3, 0.4) is 0 Å². The number of hydrogen-bond acceptors (Lipinski definition) is 5. The number of nitrogens with zero attached hydrogens (tertiary/aromatic N) is 3. The van der Waals surface area contributed by atoms with Crippen molar-refractivity contribution in [3.8, 4) is 0 Å². The number of rotatable bonds is 1. The van der Waals surface area contributed by atoms with Crippen LogP contribution in [0.2, 0.25) is 0 Å². The first-order valence-corrected chi connectivity index (χ1v) is 5.10. The van der Waals surface area contributed by atoms with E-state index in [1.54, 1.807) is 0 Å². The first kappa shape index (κ1) is 11.1. The van der Waals surface area contributed by atoms with Crippen LogP contribution < -0.4 is 0 Å². The molecule has 0 radical (unpaired) electrons. The molecule has 74 valence electrons. The van der Waals surface area contributed by atoms with Crippen LogP contribution in [0.1, 0.15) is 36.1 Å². The Morgan fingerprint density at radius 2 is 2.21 bits per heavy atom. The molecule has 1 amide bonds. The lowest BCUT2D eigenvalue weighted by molar-refractivity contribution is 0.101. The molecule has 1 aromatic heterocycles. The van der Waals surface area contributed by atoms with Crippen molar-refractivity contribution in [1.82, 2.24) is 9.59 Å². The lowest BCUT2D eigenvalue weighted by atomic mass is 9.91. The minimum Gasteiger partial charge on any atom is -0.265 e. The van der Waals surface area contributed by atoms with Gasteiger partial charge in [-0.05, 0) is 23.8 Å². The number of carbonyl (C=O) groups excluding carboxylic acids is 1. The van der Waals surface area contributed by atoms with Gasteiger partial charge < -0.3 is 0 Å². The number of amides is 1. The van der Waals surface area contributed by atoms with E-state index in [1.807, 2.05) is 25.9 Å². The van der Waals surface area contributed by atoms with Gasteiger partial charge in [0.15, 0.2) is 0 Å². The zero-order valence-electron chi connectivity index (χ0n) is 8.07. The molecule has 0 spiro atoms. The van der Waals surface area contributed by atoms with Crippen LogP contribution in [0.15, 0.2) is 4.99 Å². The minimum absolute atomic E-state index is 0.213. The molecule has 0 aromatic carbocycles. The molecule has 0 N–H and O–H groups in total. The van der Waals surface area contributed by atoms with Crippen molar-refractivity contribution in [3.63, 3.8) is 0 Å². The van der Waals surface area contributed by atoms with Crippen molar-refractivity contribution < 1.29 is 4.79 Å². The summed E-state index contributed by atoms with van der Waals surface area (Å²) in [5.41, 5.74) is 0.441. The first-order chi connectivity index (χ1) is 6.46. The quantitative estimate of drug-likeness (QED) is 0.544. The molecule has 0 saturated carbocycles. The summed E-state index contributed by atoms with van der Waals surface area (Å²) in [6.07, 6.45) is 0. The topological polar surface area (TPSA) is 55.2 Å². The van der Waals surface area contributed by atoms with E-state index >= 15 is 0 Å². The molecule has 4 nitrogen and oxygen atoms in total. The van der Waals surface area contributed by atoms with Gasteiger partial charge in [0.2, 0.25) is 0 Å². The van der Waals surface area contributed by atoms with Crippen LogP contribution in [-0.4, -0.2) is 20.7 Å². The Labute approximate surface area is 91.2 Å². The third-order valence-electron chi connectivity index (χ3n) is 1.54. The second-order valence-electron chi connectivity index (χ2n) is 3.71. The normalized spacial score (nSPS) is 10.8. The van der Waals surface area contributed by atoms with Crippen molar-refractivity contribution in [2.24, 2.45) is 4.99 Å². The highest BCUT2D eigenvalue weighted by Crippen LogP contribution is 2.26. The minimum atomic E-state index is -0.417. The van der Waals surface area contributed by atoms with Crippen LogP contribution in [-0.2, 0) is 5.41 Å². The molecule has 0 aliphatic carbocycles. The van der Waals surface area contributed by atoms with Gasteiger partial charge in [-0.25, -0.2) is 0 Å². The van der Waals surface area contributed by atoms with Gasteiger partial charge in [-0.2, -0.15) is 4.99 Å². The summed E-state index contributed by atoms with van der Waals surface area (Å²) in [5.74, 6) is -0.417. The average molecular weight is 227 g/mol. The van der Waals surface area contributed by atoms with Gasteiger partial charge in [0.1, 0.15) is 4.88 Å². The maximum Gasteiger partial charge on any atom is 0.299 e. The fourth-order valence-corrected chi connectivity index (χ4v) is 1.76. The average Bonchev–Trinajstić information content (AvgIpc) is 2.50. The maximum absolute atomic E-state index is 11.4. The maximum atomic E-state index is 11.4. The van der Waals surface area contributed by atoms with Crippen molar-refractivity contribution in [2.75, 3.05) is 0 Å². The lowest BCUT2D eigenvalue weighted by Gasteiger charge is -2.14. The predicted octanol–water partition coefficient (Wildman–Crippen LogP) is 2.08. The van der Waals surface area contributed by atoms with Crippen LogP contribution >= 0.6 is 23.8 Å². The summed E-state index contributed by atoms with van der Waals surface area (Å²) >= 11 is 5.40. The van der Waals surface area contributed by atoms with Crippen molar-refractivity contribution in [2.45, 2.75) is 26.2 Å². The summed E-state index contributed by atoms with van der Waals surface area (Å²) in [6, 6.07) is 0. The van der Waals surface area contributed by atoms with Gasteiger partial charge in [0, 0.05) is 5.41 Å². The molecule has 0 fully saturated rings. The van der Waals surface area contributed by atoms with E-state index in [2.05, 4.69) is 26.8 Å². The number of hydrogen-bond donors (Lipinski definition) is 0. The van der Waals surface area contributed by atoms with E-state index in [-0.39, 0.29) is 5.41 Å². The Bertz CT molecular complexity index is 399. The second kappa shape index (κ2) is 4.04. The van der Waals surface area contributed by atoms with E-state index in [9.17, 15) is 4.79 Å². The number of carbonyl (C=O) groups is 1. The van der Waals surface area contributed by atoms with Crippen LogP contribution in [0.5, 0.6) is 0 Å². The summed E-state index contributed by atoms with van der Waals surface area (Å²) < 4.78 is 3.74. The highest BCUT2D eigenvalue weighted by Gasteiger charge is 2.25. The van der Waals surface area contributed by atoms with E-state index in [4.69, 9.17) is 0 Å². The molecule has 6 heteroatoms. The Hall–Kier alpha value is -0.970. The van der Waals surface area contributed by atoms with E-state index < -0.39 is 5.91 Å². The molecule has 1 aromatic rings. The standard InChI is InChI=1S/C8H9N3OS2/c1-8(2,3)6-5(14-11-10-6)7(12)9-4-13/h1-3H3. The highest BCUT2D eigenvalue weighted by atomic mass is 32.1. The Morgan fingerprint density at radius 3 is 2.71 bits per heavy atom. The zero-order valence-corrected chi connectivity index (χ0v) is 9.70. The van der Waals surface area contributed by atoms with E-state index in [0.29, 0.717) is 10.6 Å². The third-order valence-corrected chi connectivity index (χ3v) is 2.34. The second-order valence-corrected chi connectivity index (χ2v) is 4.65. The monoisotopic (exact) mass is 227 g/mol. The highest BCUT2D eigenvalue weighted by molar-refractivity contribution is 7.78. The molecule has 0 aliphatic heterocycles. The van der Waals surface area contributed by atoms with Gasteiger partial charge in [-0.3, -0.25) is 4.79 Å². The van der Waals surface area contributed by atoms with Crippen molar-refractivity contribution in [3.05, 3.63) is 10.6 Å². The molecular formula is C8H9N3OS2. The van der Waals surface area contributed by atoms with Crippen LogP contribution in [0.25, 0.3) is 0 Å². The Balaban J connectivity index is 3.17. The van der Waals surface area contributed by atoms with E-state index in [0.717, 1.165) is 11.5 Å². The lowest BCUT2D eigenvalue weighted by Crippen LogP contribution is -2.15. The van der Waals surface area contributed by atoms with E-state index in [1.165, 1.54) is 0 Å². The molecule has 0 aliphatic rings. The molecule has 0 saturated heterocycles. The van der Waals surface area contributed by atoms with Gasteiger partial charge in [0.25, 0.3) is 5.91 Å². The Kier molecular flexibility index (Phi) is 3.21. The Morgan fingerprint density at radius 1 is 1.57 bits per heavy atom. The number of aromatic nitrogens is 2. The third kappa shape index (κ3) is 2.29. The molecule has 0 atom stereocenters. The van der Waals surface area contributed by atoms with Gasteiger partial charge in [0.05, 0.1) is 10.9 Å². The molecule has 1 rings (SSSR count). The van der Waals surface area contributed by atoms with Gasteiger partial charge in [-0.15, -0.1) is 5.10 Å². The zero-order chi connectivity index (χ0) is 10.8. The van der Waals surface area contributed by atoms with Crippen molar-refractivity contribution in [1.29, 1.82) is 0 Å². The molecule has 1 heterocycles. The van der Waals surface area contributed by atoms with Crippen LogP contribution in [0.4, 0.5) is 0 Å². The fourth-order valence-electron chi connectivity index (χ4n) is 0.914. The number of thiocarbonyl (C=S) groups is 1. The molecule has 0 unspecified atom stereocenters. The SMILES string of the molecule is CC(C)(C)c1nnsc1C(=O)N=C=S. The fraction of sp³-hybridized carbons (Fsp3) is 0.500. The molecule has 0 bridgehead atoms. The molecular weight excluding hydrogens is 218 g/mol. The summed E-state index contributed by atoms with van der Waals surface area (Å²) in [5, 5.41) is 5.96. The largest absolute Gasteiger partial charge is 0.299 e. The summed E-state index contributed by atoms with van der Waals surface area (Å²) in [6.45, 7) is 5.88. The van der Waals surface area contributed by atoms with Crippen LogP contribution in [0, 0.1) is 0 Å². The summed E-state index contributed by atoms with van der Waals surface area (Å²) in [7, 11) is 0. The first-order valence-electron chi connectivity index (χ1n) is 3.92. The van der Waals surface area contributed by atoms with Gasteiger partial charge in [-0.1, -0.05) is 25.3 Å². The van der Waals surface area contributed by atoms with Crippen molar-refractivity contribution >= 4 is 34.8 Å². The predicted molar refractivity (Wildman–Crippen MR) is 58.0 cm³/mol. The summed E-state index contributed by atoms with van der Waals surface area (Å²) in [4.78, 5) is 15.2. The smallest absolute Gasteiger partial charge is 0.265 e. The molecule has 14 heavy (non-hydrogen) atoms. The number of aliphatic imine (C=N–C) groups is 1. The van der Waals surface area contributed by atoms with Gasteiger partial charge >= 0.3 is 0 Å². The number of isothiocyanates is 1.